The molecule has 2 unspecified atom stereocenters. The molecule has 0 saturated carbocycles. The van der Waals surface area contributed by atoms with Crippen molar-refractivity contribution in [3.63, 3.8) is 0 Å². The van der Waals surface area contributed by atoms with Gasteiger partial charge in [0.15, 0.2) is 0 Å². The predicted molar refractivity (Wildman–Crippen MR) is 282 cm³/mol. The van der Waals surface area contributed by atoms with Crippen molar-refractivity contribution in [1.82, 2.24) is 29.9 Å². The summed E-state index contributed by atoms with van der Waals surface area (Å²) in [5.41, 5.74) is 2.02. The van der Waals surface area contributed by atoms with Crippen molar-refractivity contribution in [3.05, 3.63) is 175 Å². The van der Waals surface area contributed by atoms with Crippen LogP contribution in [0.5, 0.6) is 0 Å². The van der Waals surface area contributed by atoms with E-state index in [0.29, 0.717) is 91.6 Å². The standard InChI is InChI=1S/C27H23F3N4O3S.C26H21F3N4O3S.C2H4O2/c1-15-10-20(33-23(11-15)34-22-13-18(7-9-31-22)27(28,29)30)21-14-32-25(38-21)26(36)8-3-4-16-12-17(24(35)37-2)5-6-19(16)26;1-14-9-19(32-22(10-14)33-21-12-17(6-8-30-21)26(27,28)29)20-13-31-24(37-20)25(36)7-2-3-15-11-16(23(34)35)4-5-18(15)25;1-2(3)4/h5-7,9-14,36H,3-4,8H2,1-2H3,(H,31,33,34);4-6,8-13,36H,2-3,7H2,1H3,(H,34,35)(H,30,32,33);1H3,(H,3,4). The number of aliphatic carboxylic acids is 1. The van der Waals surface area contributed by atoms with Gasteiger partial charge in [-0.1, -0.05) is 12.1 Å². The molecule has 0 saturated heterocycles. The molecule has 2 aliphatic carbocycles. The Kier molecular flexibility index (Phi) is 16.6. The molecule has 2 aliphatic rings. The van der Waals surface area contributed by atoms with Gasteiger partial charge in [0.25, 0.3) is 5.97 Å². The third-order valence-corrected chi connectivity index (χ3v) is 14.9. The van der Waals surface area contributed by atoms with Gasteiger partial charge in [-0.3, -0.25) is 4.79 Å². The number of fused-ring (bicyclic) bond motifs is 2. The lowest BCUT2D eigenvalue weighted by atomic mass is 9.79. The molecule has 16 nitrogen and oxygen atoms in total. The second-order valence-electron chi connectivity index (χ2n) is 18.5. The minimum atomic E-state index is -4.49. The predicted octanol–water partition coefficient (Wildman–Crippen LogP) is 12.1. The molecule has 24 heteroatoms. The Bertz CT molecular complexity index is 3590. The van der Waals surface area contributed by atoms with E-state index in [4.69, 9.17) is 14.6 Å². The number of aliphatic hydroxyl groups is 2. The average molecular weight is 1130 g/mol. The summed E-state index contributed by atoms with van der Waals surface area (Å²) in [6, 6.07) is 20.6. The van der Waals surface area contributed by atoms with Gasteiger partial charge in [-0.05, 0) is 159 Å². The highest BCUT2D eigenvalue weighted by atomic mass is 32.1. The fourth-order valence-electron chi connectivity index (χ4n) is 9.06. The van der Waals surface area contributed by atoms with Crippen LogP contribution in [0, 0.1) is 13.8 Å². The number of pyridine rings is 4. The first-order chi connectivity index (χ1) is 37.3. The average Bonchev–Trinajstić information content (AvgIpc) is 4.28. The number of aromatic nitrogens is 6. The van der Waals surface area contributed by atoms with Crippen LogP contribution < -0.4 is 10.6 Å². The first-order valence-electron chi connectivity index (χ1n) is 24.1. The minimum Gasteiger partial charge on any atom is -0.481 e. The number of aryl methyl sites for hydroxylation is 4. The number of esters is 1. The van der Waals surface area contributed by atoms with Crippen LogP contribution in [-0.2, 0) is 45.9 Å². The monoisotopic (exact) mass is 1130 g/mol. The van der Waals surface area contributed by atoms with Crippen molar-refractivity contribution in [2.24, 2.45) is 0 Å². The van der Waals surface area contributed by atoms with Crippen molar-refractivity contribution >= 4 is 63.9 Å². The molecule has 0 aliphatic heterocycles. The van der Waals surface area contributed by atoms with Crippen molar-refractivity contribution in [3.8, 4) is 21.1 Å². The number of benzene rings is 2. The largest absolute Gasteiger partial charge is 0.481 e. The number of carboxylic acid groups (broad SMARTS) is 2. The number of carboxylic acids is 2. The number of aromatic carboxylic acids is 1. The summed E-state index contributed by atoms with van der Waals surface area (Å²) < 4.78 is 83.3. The Morgan fingerprint density at radius 2 is 1.01 bits per heavy atom. The quantitative estimate of drug-likeness (QED) is 0.0551. The van der Waals surface area contributed by atoms with Crippen molar-refractivity contribution < 1.29 is 65.9 Å². The van der Waals surface area contributed by atoms with E-state index in [2.05, 4.69) is 40.5 Å². The summed E-state index contributed by atoms with van der Waals surface area (Å²) in [6.45, 7) is 4.77. The van der Waals surface area contributed by atoms with E-state index in [1.165, 1.54) is 35.8 Å². The molecule has 2 aromatic carbocycles. The number of nitrogens with one attached hydrogen (secondary N) is 2. The topological polar surface area (TPSA) is 243 Å². The van der Waals surface area contributed by atoms with Crippen LogP contribution in [0.4, 0.5) is 49.6 Å². The zero-order valence-electron chi connectivity index (χ0n) is 42.3. The summed E-state index contributed by atoms with van der Waals surface area (Å²) >= 11 is 2.55. The molecule has 6 heterocycles. The second kappa shape index (κ2) is 23.0. The number of hydrogen-bond donors (Lipinski definition) is 6. The zero-order valence-corrected chi connectivity index (χ0v) is 44.0. The highest BCUT2D eigenvalue weighted by Crippen LogP contribution is 2.46. The van der Waals surface area contributed by atoms with Crippen LogP contribution in [0.3, 0.4) is 0 Å². The number of rotatable bonds is 10. The van der Waals surface area contributed by atoms with Gasteiger partial charge in [0.2, 0.25) is 0 Å². The van der Waals surface area contributed by atoms with E-state index in [1.54, 1.807) is 54.9 Å². The molecule has 2 atom stereocenters. The Hall–Kier alpha value is -8.19. The lowest BCUT2D eigenvalue weighted by molar-refractivity contribution is -0.138. The molecular formula is C55H48F6N8O8S2. The number of nitrogens with zero attached hydrogens (tertiary/aromatic N) is 6. The number of ether oxygens (including phenoxy) is 1. The number of carbonyl (C=O) groups is 3. The first kappa shape index (κ1) is 57.0. The van der Waals surface area contributed by atoms with E-state index in [9.17, 15) is 51.3 Å². The van der Waals surface area contributed by atoms with Crippen LogP contribution in [0.2, 0.25) is 0 Å². The van der Waals surface area contributed by atoms with Crippen LogP contribution in [0.15, 0.2) is 110 Å². The lowest BCUT2D eigenvalue weighted by Gasteiger charge is -2.33. The van der Waals surface area contributed by atoms with E-state index in [-0.39, 0.29) is 17.2 Å². The normalized spacial score (nSPS) is 16.7. The lowest BCUT2D eigenvalue weighted by Crippen LogP contribution is -2.32. The summed E-state index contributed by atoms with van der Waals surface area (Å²) in [5, 5.41) is 46.8. The van der Waals surface area contributed by atoms with E-state index < -0.39 is 52.6 Å². The van der Waals surface area contributed by atoms with Gasteiger partial charge in [0, 0.05) is 31.7 Å². The maximum atomic E-state index is 13.1. The van der Waals surface area contributed by atoms with Crippen LogP contribution >= 0.6 is 22.7 Å². The second-order valence-corrected chi connectivity index (χ2v) is 20.5. The third kappa shape index (κ3) is 13.2. The van der Waals surface area contributed by atoms with Crippen LogP contribution in [0.1, 0.15) is 108 Å². The number of halogens is 6. The minimum absolute atomic E-state index is 0.0118. The van der Waals surface area contributed by atoms with Crippen LogP contribution in [-0.4, -0.2) is 75.3 Å². The van der Waals surface area contributed by atoms with E-state index >= 15 is 0 Å². The fraction of sp³-hybridized carbons (Fsp3) is 0.255. The smallest absolute Gasteiger partial charge is 0.416 e. The van der Waals surface area contributed by atoms with E-state index in [0.717, 1.165) is 72.3 Å². The number of alkyl halides is 6. The van der Waals surface area contributed by atoms with Gasteiger partial charge in [-0.2, -0.15) is 26.3 Å². The third-order valence-electron chi connectivity index (χ3n) is 12.6. The summed E-state index contributed by atoms with van der Waals surface area (Å²) in [7, 11) is 1.33. The molecule has 0 amide bonds. The van der Waals surface area contributed by atoms with Gasteiger partial charge in [0.05, 0.1) is 50.5 Å². The number of methoxy groups -OCH3 is 1. The zero-order chi connectivity index (χ0) is 57.0. The van der Waals surface area contributed by atoms with Gasteiger partial charge < -0.3 is 35.8 Å². The van der Waals surface area contributed by atoms with Crippen molar-refractivity contribution in [1.29, 1.82) is 0 Å². The van der Waals surface area contributed by atoms with Crippen molar-refractivity contribution in [2.75, 3.05) is 17.7 Å². The molecule has 6 N–H and O–H groups in total. The maximum absolute atomic E-state index is 13.1. The van der Waals surface area contributed by atoms with Gasteiger partial charge >= 0.3 is 24.3 Å². The van der Waals surface area contributed by atoms with E-state index in [1.807, 2.05) is 26.0 Å². The molecule has 0 fully saturated rings. The number of anilines is 4. The fourth-order valence-corrected chi connectivity index (χ4v) is 11.1. The summed E-state index contributed by atoms with van der Waals surface area (Å²) in [4.78, 5) is 59.7. The highest BCUT2D eigenvalue weighted by Gasteiger charge is 2.41. The van der Waals surface area contributed by atoms with Crippen LogP contribution in [0.25, 0.3) is 21.1 Å². The molecule has 0 spiro atoms. The molecule has 6 aromatic heterocycles. The first-order valence-corrected chi connectivity index (χ1v) is 25.7. The summed E-state index contributed by atoms with van der Waals surface area (Å²) in [5.74, 6) is -1.61. The number of thiazole rings is 2. The molecule has 8 aromatic rings. The van der Waals surface area contributed by atoms with Gasteiger partial charge in [-0.25, -0.2) is 39.5 Å². The Labute approximate surface area is 455 Å². The maximum Gasteiger partial charge on any atom is 0.416 e. The van der Waals surface area contributed by atoms with Gasteiger partial charge in [-0.15, -0.1) is 22.7 Å². The molecular weight excluding hydrogens is 1080 g/mol. The van der Waals surface area contributed by atoms with Gasteiger partial charge in [0.1, 0.15) is 44.5 Å². The Morgan fingerprint density at radius 1 is 0.595 bits per heavy atom. The molecule has 79 heavy (non-hydrogen) atoms. The molecule has 0 radical (unpaired) electrons. The molecule has 0 bridgehead atoms. The Morgan fingerprint density at radius 3 is 1.42 bits per heavy atom. The number of carbonyl (C=O) groups excluding carboxylic acids is 1. The Balaban J connectivity index is 0.000000195. The molecule has 10 rings (SSSR count). The number of hydrogen-bond acceptors (Lipinski definition) is 16. The summed E-state index contributed by atoms with van der Waals surface area (Å²) in [6.07, 6.45) is 0.107. The SMILES string of the molecule is CC(=O)O.COC(=O)c1ccc2c(c1)CCCC2(O)c1ncc(-c2cc(C)cc(Nc3cc(C(F)(F)F)ccn3)n2)s1.Cc1cc(Nc2cc(C(F)(F)F)ccn2)nc(-c2cnc(C3(O)CCCc4cc(C(=O)O)ccc43)s2)c1. The van der Waals surface area contributed by atoms with Crippen molar-refractivity contribution in [2.45, 2.75) is 82.9 Å². The highest BCUT2D eigenvalue weighted by molar-refractivity contribution is 7.15. The molecule has 410 valence electrons.